The third-order valence-corrected chi connectivity index (χ3v) is 4.59. The van der Waals surface area contributed by atoms with Crippen LogP contribution < -0.4 is 10.6 Å². The van der Waals surface area contributed by atoms with Gasteiger partial charge in [-0.15, -0.1) is 0 Å². The van der Waals surface area contributed by atoms with Gasteiger partial charge in [-0.1, -0.05) is 23.4 Å². The van der Waals surface area contributed by atoms with Gasteiger partial charge in [0, 0.05) is 28.0 Å². The molecule has 3 N–H and O–H groups in total. The Balaban J connectivity index is 1.66. The maximum absolute atomic E-state index is 11.9. The second-order valence-electron chi connectivity index (χ2n) is 7.33. The van der Waals surface area contributed by atoms with Crippen molar-refractivity contribution in [3.05, 3.63) is 53.3 Å². The van der Waals surface area contributed by atoms with Gasteiger partial charge in [0.2, 0.25) is 0 Å². The zero-order valence-corrected chi connectivity index (χ0v) is 18.1. The number of aromatic amines is 1. The number of anilines is 3. The molecule has 152 valence electrons. The molecule has 0 aliphatic rings. The molecule has 0 atom stereocenters. The first-order valence-electron chi connectivity index (χ1n) is 8.91. The van der Waals surface area contributed by atoms with Crippen LogP contribution in [0.4, 0.5) is 22.0 Å². The Bertz CT molecular complexity index is 999. The monoisotopic (exact) mass is 431 g/mol. The summed E-state index contributed by atoms with van der Waals surface area (Å²) < 4.78 is 5.25. The maximum atomic E-state index is 11.9. The number of amides is 1. The molecular formula is C20H22ClN5O2S. The van der Waals surface area contributed by atoms with Gasteiger partial charge in [-0.25, -0.2) is 9.78 Å². The molecule has 0 saturated heterocycles. The molecular weight excluding hydrogens is 410 g/mol. The van der Waals surface area contributed by atoms with Gasteiger partial charge in [0.1, 0.15) is 15.8 Å². The van der Waals surface area contributed by atoms with E-state index < -0.39 is 11.7 Å². The van der Waals surface area contributed by atoms with Crippen LogP contribution in [0.3, 0.4) is 0 Å². The third-order valence-electron chi connectivity index (χ3n) is 3.47. The number of aromatic nitrogens is 3. The molecule has 0 bridgehead atoms. The summed E-state index contributed by atoms with van der Waals surface area (Å²) in [5.74, 6) is 0.707. The van der Waals surface area contributed by atoms with Crippen LogP contribution in [0.25, 0.3) is 0 Å². The summed E-state index contributed by atoms with van der Waals surface area (Å²) in [5, 5.41) is 14.1. The number of halogens is 1. The molecule has 7 nitrogen and oxygen atoms in total. The molecule has 0 unspecified atom stereocenters. The van der Waals surface area contributed by atoms with Gasteiger partial charge in [0.25, 0.3) is 0 Å². The van der Waals surface area contributed by atoms with Gasteiger partial charge in [-0.2, -0.15) is 5.10 Å². The van der Waals surface area contributed by atoms with Crippen LogP contribution in [-0.2, 0) is 4.74 Å². The highest BCUT2D eigenvalue weighted by molar-refractivity contribution is 7.99. The van der Waals surface area contributed by atoms with Crippen LogP contribution in [0.5, 0.6) is 0 Å². The first-order valence-corrected chi connectivity index (χ1v) is 10.1. The Labute approximate surface area is 178 Å². The molecule has 0 radical (unpaired) electrons. The van der Waals surface area contributed by atoms with Crippen LogP contribution in [0, 0.1) is 6.92 Å². The normalized spacial score (nSPS) is 11.2. The van der Waals surface area contributed by atoms with Gasteiger partial charge in [-0.3, -0.25) is 10.4 Å². The summed E-state index contributed by atoms with van der Waals surface area (Å²) in [7, 11) is 0. The number of nitrogens with zero attached hydrogens (tertiary/aromatic N) is 2. The number of pyridine rings is 1. The molecule has 0 aliphatic carbocycles. The third kappa shape index (κ3) is 6.69. The molecule has 2 aromatic heterocycles. The second-order valence-corrected chi connectivity index (χ2v) is 8.81. The number of nitrogens with one attached hydrogen (secondary N) is 3. The summed E-state index contributed by atoms with van der Waals surface area (Å²) in [4.78, 5) is 17.2. The van der Waals surface area contributed by atoms with Gasteiger partial charge in [0.05, 0.1) is 0 Å². The van der Waals surface area contributed by atoms with Gasteiger partial charge in [-0.05, 0) is 64.1 Å². The minimum atomic E-state index is -0.543. The number of aryl methyl sites for hydroxylation is 1. The Morgan fingerprint density at radius 2 is 1.86 bits per heavy atom. The SMILES string of the molecule is Cc1cc(Nc2cc(Cl)nc(Sc3ccc(NC(=O)OC(C)(C)C)cc3)c2)n[nH]1. The van der Waals surface area contributed by atoms with Crippen molar-refractivity contribution < 1.29 is 9.53 Å². The summed E-state index contributed by atoms with van der Waals surface area (Å²) in [6.45, 7) is 7.39. The standard InChI is InChI=1S/C20H22ClN5O2S/c1-12-9-17(26-25-12)22-14-10-16(21)24-18(11-14)29-15-7-5-13(6-8-15)23-19(27)28-20(2,3)4/h5-11H,1-4H3,(H,23,27)(H2,22,24,25,26). The average molecular weight is 432 g/mol. The number of carbonyl (C=O) groups is 1. The van der Waals surface area contributed by atoms with Crippen molar-refractivity contribution in [1.82, 2.24) is 15.2 Å². The van der Waals surface area contributed by atoms with E-state index in [1.165, 1.54) is 11.8 Å². The fourth-order valence-corrected chi connectivity index (χ4v) is 3.48. The number of ether oxygens (including phenoxy) is 1. The Morgan fingerprint density at radius 1 is 1.14 bits per heavy atom. The number of rotatable bonds is 5. The molecule has 1 aromatic carbocycles. The molecule has 0 aliphatic heterocycles. The van der Waals surface area contributed by atoms with E-state index in [4.69, 9.17) is 16.3 Å². The predicted octanol–water partition coefficient (Wildman–Crippen LogP) is 6.01. The van der Waals surface area contributed by atoms with Gasteiger partial charge in [0.15, 0.2) is 5.82 Å². The van der Waals surface area contributed by atoms with E-state index >= 15 is 0 Å². The summed E-state index contributed by atoms with van der Waals surface area (Å²) in [5.41, 5.74) is 1.86. The molecule has 9 heteroatoms. The molecule has 0 saturated carbocycles. The second kappa shape index (κ2) is 8.75. The molecule has 2 heterocycles. The highest BCUT2D eigenvalue weighted by atomic mass is 35.5. The lowest BCUT2D eigenvalue weighted by atomic mass is 10.2. The topological polar surface area (TPSA) is 91.9 Å². The van der Waals surface area contributed by atoms with Crippen LogP contribution in [0.1, 0.15) is 26.5 Å². The largest absolute Gasteiger partial charge is 0.444 e. The van der Waals surface area contributed by atoms with E-state index in [0.717, 1.165) is 21.3 Å². The van der Waals surface area contributed by atoms with Crippen LogP contribution >= 0.6 is 23.4 Å². The molecule has 3 aromatic rings. The number of hydrogen-bond donors (Lipinski definition) is 3. The van der Waals surface area contributed by atoms with Crippen LogP contribution in [-0.4, -0.2) is 26.9 Å². The van der Waals surface area contributed by atoms with Crippen molar-refractivity contribution in [2.24, 2.45) is 0 Å². The van der Waals surface area contributed by atoms with E-state index in [0.29, 0.717) is 16.7 Å². The fraction of sp³-hybridized carbons (Fsp3) is 0.250. The van der Waals surface area contributed by atoms with E-state index in [9.17, 15) is 4.79 Å². The quantitative estimate of drug-likeness (QED) is 0.428. The van der Waals surface area contributed by atoms with Crippen LogP contribution in [0.2, 0.25) is 5.15 Å². The minimum Gasteiger partial charge on any atom is -0.444 e. The van der Waals surface area contributed by atoms with Crippen molar-refractivity contribution in [3.8, 4) is 0 Å². The average Bonchev–Trinajstić information content (AvgIpc) is 2.99. The number of H-pyrrole nitrogens is 1. The van der Waals surface area contributed by atoms with E-state index in [1.54, 1.807) is 6.07 Å². The van der Waals surface area contributed by atoms with E-state index in [2.05, 4.69) is 25.8 Å². The number of benzene rings is 1. The summed E-state index contributed by atoms with van der Waals surface area (Å²) >= 11 is 7.63. The first kappa shape index (κ1) is 21.0. The first-order chi connectivity index (χ1) is 13.7. The highest BCUT2D eigenvalue weighted by Crippen LogP contribution is 2.31. The molecule has 29 heavy (non-hydrogen) atoms. The maximum Gasteiger partial charge on any atom is 0.412 e. The highest BCUT2D eigenvalue weighted by Gasteiger charge is 2.16. The van der Waals surface area contributed by atoms with Crippen molar-refractivity contribution in [1.29, 1.82) is 0 Å². The number of hydrogen-bond acceptors (Lipinski definition) is 6. The van der Waals surface area contributed by atoms with E-state index in [-0.39, 0.29) is 0 Å². The lowest BCUT2D eigenvalue weighted by Crippen LogP contribution is -2.27. The lowest BCUT2D eigenvalue weighted by Gasteiger charge is -2.19. The van der Waals surface area contributed by atoms with E-state index in [1.807, 2.05) is 64.1 Å². The zero-order chi connectivity index (χ0) is 21.0. The van der Waals surface area contributed by atoms with Crippen LogP contribution in [0.15, 0.2) is 52.4 Å². The summed E-state index contributed by atoms with van der Waals surface area (Å²) in [6, 6.07) is 12.9. The Morgan fingerprint density at radius 3 is 2.48 bits per heavy atom. The van der Waals surface area contributed by atoms with Crippen molar-refractivity contribution >= 4 is 46.6 Å². The Hall–Kier alpha value is -2.71. The smallest absolute Gasteiger partial charge is 0.412 e. The Kier molecular flexibility index (Phi) is 6.34. The van der Waals surface area contributed by atoms with Gasteiger partial charge < -0.3 is 10.1 Å². The van der Waals surface area contributed by atoms with Crippen molar-refractivity contribution in [2.45, 2.75) is 43.2 Å². The molecule has 3 rings (SSSR count). The predicted molar refractivity (Wildman–Crippen MR) is 116 cm³/mol. The van der Waals surface area contributed by atoms with Crippen molar-refractivity contribution in [2.75, 3.05) is 10.6 Å². The molecule has 1 amide bonds. The lowest BCUT2D eigenvalue weighted by molar-refractivity contribution is 0.0636. The number of carbonyl (C=O) groups excluding carboxylic acids is 1. The molecule has 0 fully saturated rings. The summed E-state index contributed by atoms with van der Waals surface area (Å²) in [6.07, 6.45) is -0.487. The minimum absolute atomic E-state index is 0.382. The van der Waals surface area contributed by atoms with Crippen molar-refractivity contribution in [3.63, 3.8) is 0 Å². The molecule has 0 spiro atoms. The fourth-order valence-electron chi connectivity index (χ4n) is 2.38. The zero-order valence-electron chi connectivity index (χ0n) is 16.5. The van der Waals surface area contributed by atoms with Gasteiger partial charge >= 0.3 is 6.09 Å².